The predicted molar refractivity (Wildman–Crippen MR) is 132 cm³/mol. The number of H-pyrrole nitrogens is 1. The van der Waals surface area contributed by atoms with Crippen molar-refractivity contribution in [1.82, 2.24) is 29.9 Å². The van der Waals surface area contributed by atoms with E-state index in [0.29, 0.717) is 36.1 Å². The second kappa shape index (κ2) is 9.04. The Morgan fingerprint density at radius 2 is 1.89 bits per heavy atom. The van der Waals surface area contributed by atoms with E-state index < -0.39 is 10.0 Å². The quantitative estimate of drug-likeness (QED) is 0.358. The van der Waals surface area contributed by atoms with Crippen LogP contribution < -0.4 is 10.0 Å². The van der Waals surface area contributed by atoms with Crippen molar-refractivity contribution in [2.24, 2.45) is 0 Å². The minimum absolute atomic E-state index is 0.140. The Hall–Kier alpha value is -3.31. The molecule has 1 saturated carbocycles. The molecule has 5 rings (SSSR count). The first-order chi connectivity index (χ1) is 16.7. The number of rotatable bonds is 6. The van der Waals surface area contributed by atoms with Gasteiger partial charge in [0.25, 0.3) is 0 Å². The van der Waals surface area contributed by atoms with Gasteiger partial charge >= 0.3 is 0 Å². The molecule has 3 aromatic heterocycles. The number of sulfonamides is 1. The van der Waals surface area contributed by atoms with Crippen LogP contribution in [0.25, 0.3) is 11.0 Å². The van der Waals surface area contributed by atoms with Crippen LogP contribution in [0.5, 0.6) is 0 Å². The number of nitrogens with zero attached hydrogens (tertiary/aromatic N) is 4. The number of benzene rings is 1. The fraction of sp³-hybridized carbons (Fsp3) is 0.417. The average Bonchev–Trinajstić information content (AvgIpc) is 3.46. The molecule has 0 atom stereocenters. The van der Waals surface area contributed by atoms with Gasteiger partial charge in [0.05, 0.1) is 27.8 Å². The summed E-state index contributed by atoms with van der Waals surface area (Å²) in [6.45, 7) is 6.11. The van der Waals surface area contributed by atoms with Crippen molar-refractivity contribution in [3.05, 3.63) is 54.5 Å². The number of anilines is 2. The Bertz CT molecular complexity index is 1420. The van der Waals surface area contributed by atoms with Crippen LogP contribution in [0.1, 0.15) is 64.2 Å². The Morgan fingerprint density at radius 3 is 2.57 bits per heavy atom. The topological polar surface area (TPSA) is 139 Å². The highest BCUT2D eigenvalue weighted by Gasteiger charge is 2.30. The highest BCUT2D eigenvalue weighted by molar-refractivity contribution is 7.89. The molecule has 0 amide bonds. The van der Waals surface area contributed by atoms with E-state index in [0.717, 1.165) is 24.0 Å². The molecule has 11 heteroatoms. The fourth-order valence-electron chi connectivity index (χ4n) is 4.23. The Morgan fingerprint density at radius 1 is 1.09 bits per heavy atom. The van der Waals surface area contributed by atoms with E-state index in [1.54, 1.807) is 30.6 Å². The molecule has 3 heterocycles. The van der Waals surface area contributed by atoms with Gasteiger partial charge in [-0.1, -0.05) is 20.8 Å². The molecule has 1 aliphatic carbocycles. The number of pyridine rings is 1. The maximum absolute atomic E-state index is 13.1. The molecule has 0 spiro atoms. The SMILES string of the molecule is CC(C)(C)c1nnc(C2CCC(NS(=O)(=O)c3ccc4[nH]c(Nc5cccnc5)nc4c3)CC2)o1. The number of hydrogen-bond donors (Lipinski definition) is 3. The first kappa shape index (κ1) is 23.4. The zero-order valence-electron chi connectivity index (χ0n) is 19.9. The normalized spacial score (nSPS) is 19.2. The Balaban J connectivity index is 1.23. The van der Waals surface area contributed by atoms with Crippen LogP contribution in [0, 0.1) is 0 Å². The molecule has 4 aromatic rings. The minimum atomic E-state index is -3.68. The van der Waals surface area contributed by atoms with Gasteiger partial charge in [0, 0.05) is 23.6 Å². The molecule has 184 valence electrons. The zero-order chi connectivity index (χ0) is 24.6. The summed E-state index contributed by atoms with van der Waals surface area (Å²) < 4.78 is 34.9. The first-order valence-corrected chi connectivity index (χ1v) is 13.2. The molecule has 0 unspecified atom stereocenters. The van der Waals surface area contributed by atoms with Gasteiger partial charge < -0.3 is 14.7 Å². The molecule has 10 nitrogen and oxygen atoms in total. The van der Waals surface area contributed by atoms with Crippen molar-refractivity contribution in [2.45, 2.75) is 68.7 Å². The van der Waals surface area contributed by atoms with Crippen LogP contribution in [0.3, 0.4) is 0 Å². The smallest absolute Gasteiger partial charge is 0.240 e. The number of imidazole rings is 1. The number of fused-ring (bicyclic) bond motifs is 1. The lowest BCUT2D eigenvalue weighted by Crippen LogP contribution is -2.37. The molecule has 1 fully saturated rings. The molecule has 0 aliphatic heterocycles. The summed E-state index contributed by atoms with van der Waals surface area (Å²) >= 11 is 0. The standard InChI is InChI=1S/C24H29N7O3S/c1-24(2,3)22-30-29-21(34-22)15-6-8-16(9-7-15)31-35(32,33)18-10-11-19-20(13-18)28-23(27-19)26-17-5-4-12-25-14-17/h4-5,10-16,31H,6-9H2,1-3H3,(H2,26,27,28). The van der Waals surface area contributed by atoms with E-state index in [-0.39, 0.29) is 22.3 Å². The maximum Gasteiger partial charge on any atom is 0.240 e. The van der Waals surface area contributed by atoms with Gasteiger partial charge in [0.15, 0.2) is 0 Å². The summed E-state index contributed by atoms with van der Waals surface area (Å²) in [5, 5.41) is 11.6. The third-order valence-electron chi connectivity index (χ3n) is 6.17. The van der Waals surface area contributed by atoms with Crippen molar-refractivity contribution in [3.8, 4) is 0 Å². The van der Waals surface area contributed by atoms with Crippen LogP contribution in [-0.4, -0.2) is 39.6 Å². The molecule has 1 aliphatic rings. The largest absolute Gasteiger partial charge is 0.424 e. The van der Waals surface area contributed by atoms with Crippen LogP contribution in [0.2, 0.25) is 0 Å². The van der Waals surface area contributed by atoms with E-state index in [1.165, 1.54) is 0 Å². The Kier molecular flexibility index (Phi) is 6.06. The lowest BCUT2D eigenvalue weighted by atomic mass is 9.86. The van der Waals surface area contributed by atoms with Gasteiger partial charge in [-0.3, -0.25) is 4.98 Å². The number of hydrogen-bond acceptors (Lipinski definition) is 8. The van der Waals surface area contributed by atoms with Crippen molar-refractivity contribution >= 4 is 32.7 Å². The van der Waals surface area contributed by atoms with Crippen molar-refractivity contribution in [2.75, 3.05) is 5.32 Å². The highest BCUT2D eigenvalue weighted by atomic mass is 32.2. The first-order valence-electron chi connectivity index (χ1n) is 11.7. The van der Waals surface area contributed by atoms with Gasteiger partial charge in [-0.05, 0) is 56.0 Å². The third-order valence-corrected chi connectivity index (χ3v) is 7.69. The van der Waals surface area contributed by atoms with Gasteiger partial charge in [-0.25, -0.2) is 18.1 Å². The predicted octanol–water partition coefficient (Wildman–Crippen LogP) is 4.39. The van der Waals surface area contributed by atoms with Gasteiger partial charge in [0.2, 0.25) is 27.8 Å². The third kappa shape index (κ3) is 5.20. The monoisotopic (exact) mass is 495 g/mol. The number of aromatic nitrogens is 5. The summed E-state index contributed by atoms with van der Waals surface area (Å²) in [6.07, 6.45) is 6.38. The second-order valence-electron chi connectivity index (χ2n) is 10.00. The fourth-order valence-corrected chi connectivity index (χ4v) is 5.56. The zero-order valence-corrected chi connectivity index (χ0v) is 20.8. The molecule has 0 saturated heterocycles. The van der Waals surface area contributed by atoms with Gasteiger partial charge in [-0.2, -0.15) is 0 Å². The van der Waals surface area contributed by atoms with Crippen LogP contribution in [0.4, 0.5) is 11.6 Å². The summed E-state index contributed by atoms with van der Waals surface area (Å²) in [6, 6.07) is 8.45. The van der Waals surface area contributed by atoms with Crippen molar-refractivity contribution in [3.63, 3.8) is 0 Å². The molecule has 0 bridgehead atoms. The maximum atomic E-state index is 13.1. The van der Waals surface area contributed by atoms with Crippen molar-refractivity contribution < 1.29 is 12.8 Å². The summed E-state index contributed by atoms with van der Waals surface area (Å²) in [5.41, 5.74) is 1.90. The summed E-state index contributed by atoms with van der Waals surface area (Å²) in [7, 11) is -3.68. The highest BCUT2D eigenvalue weighted by Crippen LogP contribution is 2.34. The van der Waals surface area contributed by atoms with E-state index in [9.17, 15) is 8.42 Å². The molecule has 3 N–H and O–H groups in total. The van der Waals surface area contributed by atoms with Crippen LogP contribution in [0.15, 0.2) is 52.0 Å². The molecule has 0 radical (unpaired) electrons. The van der Waals surface area contributed by atoms with E-state index in [4.69, 9.17) is 4.42 Å². The van der Waals surface area contributed by atoms with Crippen LogP contribution >= 0.6 is 0 Å². The molecular formula is C24H29N7O3S. The van der Waals surface area contributed by atoms with Crippen molar-refractivity contribution in [1.29, 1.82) is 0 Å². The summed E-state index contributed by atoms with van der Waals surface area (Å²) in [4.78, 5) is 11.9. The van der Waals surface area contributed by atoms with Gasteiger partial charge in [-0.15, -0.1) is 10.2 Å². The number of nitrogens with one attached hydrogen (secondary N) is 3. The molecule has 35 heavy (non-hydrogen) atoms. The van der Waals surface area contributed by atoms with E-state index in [1.807, 2.05) is 32.9 Å². The van der Waals surface area contributed by atoms with E-state index >= 15 is 0 Å². The Labute approximate surface area is 204 Å². The molecular weight excluding hydrogens is 466 g/mol. The average molecular weight is 496 g/mol. The minimum Gasteiger partial charge on any atom is -0.424 e. The van der Waals surface area contributed by atoms with Gasteiger partial charge in [0.1, 0.15) is 0 Å². The second-order valence-corrected chi connectivity index (χ2v) is 11.7. The van der Waals surface area contributed by atoms with Crippen LogP contribution in [-0.2, 0) is 15.4 Å². The molecule has 1 aromatic carbocycles. The lowest BCUT2D eigenvalue weighted by molar-refractivity contribution is 0.304. The lowest BCUT2D eigenvalue weighted by Gasteiger charge is -2.27. The number of aromatic amines is 1. The van der Waals surface area contributed by atoms with E-state index in [2.05, 4.69) is 35.2 Å². The summed E-state index contributed by atoms with van der Waals surface area (Å²) in [5.74, 6) is 1.95.